The van der Waals surface area contributed by atoms with Crippen LogP contribution in [-0.4, -0.2) is 24.0 Å². The van der Waals surface area contributed by atoms with Crippen molar-refractivity contribution in [3.63, 3.8) is 0 Å². The number of aromatic nitrogens is 1. The Morgan fingerprint density at radius 3 is 3.00 bits per heavy atom. The molecule has 2 N–H and O–H groups in total. The fourth-order valence-corrected chi connectivity index (χ4v) is 2.08. The largest absolute Gasteiger partial charge is 0.355 e. The van der Waals surface area contributed by atoms with Gasteiger partial charge in [-0.3, -0.25) is 4.99 Å². The highest BCUT2D eigenvalue weighted by Gasteiger charge is 2.25. The van der Waals surface area contributed by atoms with Gasteiger partial charge in [0.15, 0.2) is 5.96 Å². The van der Waals surface area contributed by atoms with Crippen molar-refractivity contribution in [1.29, 1.82) is 0 Å². The van der Waals surface area contributed by atoms with E-state index in [0.29, 0.717) is 0 Å². The predicted molar refractivity (Wildman–Crippen MR) is 58.6 cm³/mol. The molecule has 2 rings (SSSR count). The molecule has 1 aliphatic heterocycles. The van der Waals surface area contributed by atoms with Gasteiger partial charge in [-0.1, -0.05) is 0 Å². The third kappa shape index (κ3) is 1.87. The van der Waals surface area contributed by atoms with Crippen LogP contribution in [0.5, 0.6) is 0 Å². The average Bonchev–Trinajstić information content (AvgIpc) is 2.71. The van der Waals surface area contributed by atoms with Gasteiger partial charge in [0.2, 0.25) is 0 Å². The van der Waals surface area contributed by atoms with Crippen molar-refractivity contribution >= 4 is 17.3 Å². The van der Waals surface area contributed by atoms with Crippen LogP contribution in [0.4, 0.5) is 0 Å². The van der Waals surface area contributed by atoms with Crippen molar-refractivity contribution in [3.05, 3.63) is 16.6 Å². The molecule has 4 nitrogen and oxygen atoms in total. The third-order valence-corrected chi connectivity index (χ3v) is 3.17. The molecule has 0 saturated heterocycles. The number of rotatable bonds is 2. The molecule has 0 spiro atoms. The van der Waals surface area contributed by atoms with Crippen molar-refractivity contribution in [2.75, 3.05) is 13.1 Å². The van der Waals surface area contributed by atoms with Crippen LogP contribution in [0.2, 0.25) is 0 Å². The van der Waals surface area contributed by atoms with E-state index in [0.717, 1.165) is 24.1 Å². The van der Waals surface area contributed by atoms with Crippen LogP contribution in [0, 0.1) is 0 Å². The number of nitrogens with one attached hydrogen (secondary N) is 2. The molecule has 0 fully saturated rings. The van der Waals surface area contributed by atoms with Gasteiger partial charge in [0.1, 0.15) is 5.01 Å². The molecule has 0 saturated carbocycles. The zero-order chi connectivity index (χ0) is 10.0. The molecule has 14 heavy (non-hydrogen) atoms. The van der Waals surface area contributed by atoms with Gasteiger partial charge in [-0.15, -0.1) is 11.3 Å². The molecule has 0 bridgehead atoms. The fourth-order valence-electron chi connectivity index (χ4n) is 1.36. The topological polar surface area (TPSA) is 49.3 Å². The fraction of sp³-hybridized carbons (Fsp3) is 0.556. The summed E-state index contributed by atoms with van der Waals surface area (Å²) in [7, 11) is 0. The smallest absolute Gasteiger partial charge is 0.192 e. The second-order valence-corrected chi connectivity index (χ2v) is 4.64. The summed E-state index contributed by atoms with van der Waals surface area (Å²) in [5.74, 6) is 0.880. The normalized spacial score (nSPS) is 16.3. The first-order valence-corrected chi connectivity index (χ1v) is 5.53. The van der Waals surface area contributed by atoms with Gasteiger partial charge in [-0.25, -0.2) is 4.98 Å². The van der Waals surface area contributed by atoms with E-state index in [1.54, 1.807) is 11.3 Å². The van der Waals surface area contributed by atoms with E-state index in [2.05, 4.69) is 34.5 Å². The van der Waals surface area contributed by atoms with Crippen LogP contribution in [0.15, 0.2) is 16.6 Å². The van der Waals surface area contributed by atoms with Crippen LogP contribution < -0.4 is 10.6 Å². The number of thiazole rings is 1. The standard InChI is InChI=1S/C9H14N4S/c1-9(2,7-10-5-6-14-7)13-8-11-3-4-12-8/h5-6H,3-4H2,1-2H3,(H2,11,12,13). The van der Waals surface area contributed by atoms with E-state index in [4.69, 9.17) is 0 Å². The zero-order valence-electron chi connectivity index (χ0n) is 8.37. The van der Waals surface area contributed by atoms with E-state index < -0.39 is 0 Å². The van der Waals surface area contributed by atoms with E-state index in [-0.39, 0.29) is 5.54 Å². The Morgan fingerprint density at radius 1 is 1.57 bits per heavy atom. The van der Waals surface area contributed by atoms with Crippen molar-refractivity contribution in [2.45, 2.75) is 19.4 Å². The highest BCUT2D eigenvalue weighted by atomic mass is 32.1. The Morgan fingerprint density at radius 2 is 2.43 bits per heavy atom. The minimum atomic E-state index is -0.148. The van der Waals surface area contributed by atoms with E-state index in [9.17, 15) is 0 Å². The van der Waals surface area contributed by atoms with Gasteiger partial charge >= 0.3 is 0 Å². The molecule has 0 aliphatic carbocycles. The molecular formula is C9H14N4S. The number of hydrogen-bond acceptors (Lipinski definition) is 5. The number of hydrogen-bond donors (Lipinski definition) is 2. The SMILES string of the molecule is CC(C)(NC1=NCCN1)c1nccs1. The highest BCUT2D eigenvalue weighted by Crippen LogP contribution is 2.21. The summed E-state index contributed by atoms with van der Waals surface area (Å²) < 4.78 is 0. The van der Waals surface area contributed by atoms with Gasteiger partial charge < -0.3 is 10.6 Å². The van der Waals surface area contributed by atoms with Gasteiger partial charge in [0, 0.05) is 18.1 Å². The first kappa shape index (κ1) is 9.45. The van der Waals surface area contributed by atoms with Gasteiger partial charge in [0.05, 0.1) is 12.1 Å². The molecule has 1 aromatic rings. The summed E-state index contributed by atoms with van der Waals surface area (Å²) in [5, 5.41) is 9.60. The monoisotopic (exact) mass is 210 g/mol. The molecule has 0 aromatic carbocycles. The Hall–Kier alpha value is -1.10. The van der Waals surface area contributed by atoms with Crippen LogP contribution in [0.25, 0.3) is 0 Å². The lowest BCUT2D eigenvalue weighted by Gasteiger charge is -2.24. The van der Waals surface area contributed by atoms with Gasteiger partial charge in [0.25, 0.3) is 0 Å². The van der Waals surface area contributed by atoms with Gasteiger partial charge in [-0.2, -0.15) is 0 Å². The van der Waals surface area contributed by atoms with E-state index >= 15 is 0 Å². The van der Waals surface area contributed by atoms with Crippen molar-refractivity contribution in [1.82, 2.24) is 15.6 Å². The molecule has 5 heteroatoms. The van der Waals surface area contributed by atoms with Crippen molar-refractivity contribution < 1.29 is 0 Å². The molecule has 0 amide bonds. The average molecular weight is 210 g/mol. The minimum absolute atomic E-state index is 0.148. The summed E-state index contributed by atoms with van der Waals surface area (Å²) in [6.45, 7) is 6.00. The quantitative estimate of drug-likeness (QED) is 0.763. The number of nitrogens with zero attached hydrogens (tertiary/aromatic N) is 2. The van der Waals surface area contributed by atoms with Crippen LogP contribution in [-0.2, 0) is 5.54 Å². The Balaban J connectivity index is 2.09. The molecule has 1 aromatic heterocycles. The Labute approximate surface area is 87.5 Å². The second kappa shape index (κ2) is 3.57. The molecular weight excluding hydrogens is 196 g/mol. The van der Waals surface area contributed by atoms with E-state index in [1.807, 2.05) is 11.6 Å². The highest BCUT2D eigenvalue weighted by molar-refractivity contribution is 7.09. The Kier molecular flexibility index (Phi) is 2.41. The summed E-state index contributed by atoms with van der Waals surface area (Å²) in [6.07, 6.45) is 1.83. The van der Waals surface area contributed by atoms with Crippen LogP contribution >= 0.6 is 11.3 Å². The maximum absolute atomic E-state index is 4.30. The lowest BCUT2D eigenvalue weighted by Crippen LogP contribution is -2.45. The number of aliphatic imine (C=N–C) groups is 1. The minimum Gasteiger partial charge on any atom is -0.355 e. The summed E-state index contributed by atoms with van der Waals surface area (Å²) >= 11 is 1.66. The number of guanidine groups is 1. The van der Waals surface area contributed by atoms with Crippen LogP contribution in [0.1, 0.15) is 18.9 Å². The molecule has 2 heterocycles. The summed E-state index contributed by atoms with van der Waals surface area (Å²) in [4.78, 5) is 8.61. The first-order chi connectivity index (χ1) is 6.68. The summed E-state index contributed by atoms with van der Waals surface area (Å²) in [5.41, 5.74) is -0.148. The lowest BCUT2D eigenvalue weighted by atomic mass is 10.1. The predicted octanol–water partition coefficient (Wildman–Crippen LogP) is 0.927. The Bertz CT molecular complexity index is 329. The van der Waals surface area contributed by atoms with Crippen molar-refractivity contribution in [2.24, 2.45) is 4.99 Å². The lowest BCUT2D eigenvalue weighted by molar-refractivity contribution is 0.478. The van der Waals surface area contributed by atoms with Crippen LogP contribution in [0.3, 0.4) is 0 Å². The third-order valence-electron chi connectivity index (χ3n) is 2.07. The van der Waals surface area contributed by atoms with Crippen molar-refractivity contribution in [3.8, 4) is 0 Å². The molecule has 76 valence electrons. The zero-order valence-corrected chi connectivity index (χ0v) is 9.19. The van der Waals surface area contributed by atoms with E-state index in [1.165, 1.54) is 0 Å². The molecule has 1 aliphatic rings. The maximum Gasteiger partial charge on any atom is 0.192 e. The molecule has 0 unspecified atom stereocenters. The van der Waals surface area contributed by atoms with Gasteiger partial charge in [-0.05, 0) is 13.8 Å². The molecule has 0 atom stereocenters. The second-order valence-electron chi connectivity index (χ2n) is 3.74. The first-order valence-electron chi connectivity index (χ1n) is 4.65. The maximum atomic E-state index is 4.30. The molecule has 0 radical (unpaired) electrons. The summed E-state index contributed by atoms with van der Waals surface area (Å²) in [6, 6.07) is 0.